The molecule has 0 unspecified atom stereocenters. The Labute approximate surface area is 137 Å². The van der Waals surface area contributed by atoms with Crippen molar-refractivity contribution in [3.8, 4) is 5.69 Å². The van der Waals surface area contributed by atoms with Gasteiger partial charge in [-0.1, -0.05) is 18.2 Å². The van der Waals surface area contributed by atoms with Gasteiger partial charge in [-0.25, -0.2) is 4.98 Å². The first kappa shape index (κ1) is 15.7. The summed E-state index contributed by atoms with van der Waals surface area (Å²) in [5.74, 6) is 1.21. The predicted octanol–water partition coefficient (Wildman–Crippen LogP) is 2.14. The second-order valence-corrected chi connectivity index (χ2v) is 6.29. The average Bonchev–Trinajstić information content (AvgIpc) is 2.99. The molecule has 122 valence electrons. The minimum absolute atomic E-state index is 0.107. The van der Waals surface area contributed by atoms with Crippen molar-refractivity contribution in [3.63, 3.8) is 0 Å². The van der Waals surface area contributed by atoms with Crippen molar-refractivity contribution in [1.82, 2.24) is 19.8 Å². The van der Waals surface area contributed by atoms with Crippen LogP contribution in [0.1, 0.15) is 24.2 Å². The molecule has 0 saturated carbocycles. The van der Waals surface area contributed by atoms with Crippen molar-refractivity contribution in [2.75, 3.05) is 20.1 Å². The lowest BCUT2D eigenvalue weighted by Gasteiger charge is -2.28. The Hall–Kier alpha value is -2.14. The van der Waals surface area contributed by atoms with E-state index in [1.807, 2.05) is 25.3 Å². The van der Waals surface area contributed by atoms with Gasteiger partial charge in [0.2, 0.25) is 5.91 Å². The molecule has 23 heavy (non-hydrogen) atoms. The number of aryl methyl sites for hydroxylation is 1. The van der Waals surface area contributed by atoms with Gasteiger partial charge < -0.3 is 14.8 Å². The average molecular weight is 312 g/mol. The Morgan fingerprint density at radius 1 is 1.39 bits per heavy atom. The van der Waals surface area contributed by atoms with E-state index in [4.69, 9.17) is 0 Å². The number of hydrogen-bond donors (Lipinski definition) is 1. The first-order chi connectivity index (χ1) is 11.1. The Bertz CT molecular complexity index is 679. The van der Waals surface area contributed by atoms with Gasteiger partial charge in [-0.3, -0.25) is 4.79 Å². The van der Waals surface area contributed by atoms with Crippen molar-refractivity contribution in [2.24, 2.45) is 5.92 Å². The molecule has 1 atom stereocenters. The van der Waals surface area contributed by atoms with Crippen LogP contribution in [0.25, 0.3) is 5.69 Å². The quantitative estimate of drug-likeness (QED) is 0.941. The summed E-state index contributed by atoms with van der Waals surface area (Å²) in [6.07, 6.45) is 5.83. The van der Waals surface area contributed by atoms with E-state index in [-0.39, 0.29) is 11.8 Å². The summed E-state index contributed by atoms with van der Waals surface area (Å²) < 4.78 is 2.05. The molecule has 0 bridgehead atoms. The molecular weight excluding hydrogens is 288 g/mol. The molecule has 2 heterocycles. The van der Waals surface area contributed by atoms with E-state index in [9.17, 15) is 4.79 Å². The number of para-hydroxylation sites is 1. The van der Waals surface area contributed by atoms with Gasteiger partial charge in [-0.05, 0) is 45.0 Å². The first-order valence-corrected chi connectivity index (χ1v) is 8.19. The molecule has 5 heteroatoms. The third-order valence-corrected chi connectivity index (χ3v) is 4.53. The van der Waals surface area contributed by atoms with Crippen LogP contribution in [-0.4, -0.2) is 40.5 Å². The number of carbonyl (C=O) groups excluding carboxylic acids is 1. The molecule has 0 spiro atoms. The molecule has 0 aliphatic carbocycles. The Morgan fingerprint density at radius 2 is 2.22 bits per heavy atom. The van der Waals surface area contributed by atoms with Crippen molar-refractivity contribution >= 4 is 5.91 Å². The highest BCUT2D eigenvalue weighted by Gasteiger charge is 2.23. The Balaban J connectivity index is 1.69. The molecular formula is C18H24N4O. The molecule has 1 aliphatic rings. The maximum absolute atomic E-state index is 12.4. The van der Waals surface area contributed by atoms with Gasteiger partial charge in [-0.15, -0.1) is 0 Å². The van der Waals surface area contributed by atoms with Crippen LogP contribution in [0, 0.1) is 12.8 Å². The summed E-state index contributed by atoms with van der Waals surface area (Å²) in [5, 5.41) is 3.11. The van der Waals surface area contributed by atoms with Crippen molar-refractivity contribution < 1.29 is 4.79 Å². The number of rotatable bonds is 4. The van der Waals surface area contributed by atoms with E-state index in [0.717, 1.165) is 43.0 Å². The minimum Gasteiger partial charge on any atom is -0.352 e. The summed E-state index contributed by atoms with van der Waals surface area (Å²) in [7, 11) is 2.08. The fraction of sp³-hybridized carbons (Fsp3) is 0.444. The van der Waals surface area contributed by atoms with Crippen LogP contribution in [0.2, 0.25) is 0 Å². The van der Waals surface area contributed by atoms with E-state index >= 15 is 0 Å². The second kappa shape index (κ2) is 6.96. The molecule has 1 aliphatic heterocycles. The number of likely N-dealkylation sites (tertiary alicyclic amines) is 1. The van der Waals surface area contributed by atoms with Gasteiger partial charge in [0.25, 0.3) is 0 Å². The van der Waals surface area contributed by atoms with Gasteiger partial charge in [0, 0.05) is 25.5 Å². The lowest BCUT2D eigenvalue weighted by molar-refractivity contribution is -0.126. The highest BCUT2D eigenvalue weighted by Crippen LogP contribution is 2.18. The van der Waals surface area contributed by atoms with Crippen LogP contribution in [0.15, 0.2) is 36.7 Å². The SMILES string of the molecule is Cc1nccn1-c1ccccc1CNC(=O)[C@H]1CCCN(C)C1. The maximum atomic E-state index is 12.4. The van der Waals surface area contributed by atoms with Gasteiger partial charge in [0.1, 0.15) is 5.82 Å². The summed E-state index contributed by atoms with van der Waals surface area (Å²) >= 11 is 0. The molecule has 5 nitrogen and oxygen atoms in total. The monoisotopic (exact) mass is 312 g/mol. The van der Waals surface area contributed by atoms with Crippen molar-refractivity contribution in [1.29, 1.82) is 0 Å². The number of carbonyl (C=O) groups is 1. The molecule has 3 rings (SSSR count). The topological polar surface area (TPSA) is 50.2 Å². The highest BCUT2D eigenvalue weighted by molar-refractivity contribution is 5.79. The Kier molecular flexibility index (Phi) is 4.76. The van der Waals surface area contributed by atoms with Crippen LogP contribution >= 0.6 is 0 Å². The molecule has 1 aromatic heterocycles. The Morgan fingerprint density at radius 3 is 2.96 bits per heavy atom. The van der Waals surface area contributed by atoms with E-state index in [2.05, 4.69) is 38.9 Å². The third kappa shape index (κ3) is 3.62. The van der Waals surface area contributed by atoms with Gasteiger partial charge in [-0.2, -0.15) is 0 Å². The van der Waals surface area contributed by atoms with E-state index in [0.29, 0.717) is 6.54 Å². The number of nitrogens with one attached hydrogen (secondary N) is 1. The largest absolute Gasteiger partial charge is 0.352 e. The number of imidazole rings is 1. The first-order valence-electron chi connectivity index (χ1n) is 8.19. The second-order valence-electron chi connectivity index (χ2n) is 6.29. The van der Waals surface area contributed by atoms with Crippen molar-refractivity contribution in [3.05, 3.63) is 48.0 Å². The molecule has 1 fully saturated rings. The number of amides is 1. The van der Waals surface area contributed by atoms with Crippen LogP contribution in [0.3, 0.4) is 0 Å². The summed E-state index contributed by atoms with van der Waals surface area (Å²) in [6.45, 7) is 4.47. The van der Waals surface area contributed by atoms with E-state index < -0.39 is 0 Å². The van der Waals surface area contributed by atoms with Gasteiger partial charge in [0.15, 0.2) is 0 Å². The van der Waals surface area contributed by atoms with Gasteiger partial charge >= 0.3 is 0 Å². The minimum atomic E-state index is 0.107. The van der Waals surface area contributed by atoms with Crippen LogP contribution in [0.5, 0.6) is 0 Å². The molecule has 0 radical (unpaired) electrons. The summed E-state index contributed by atoms with van der Waals surface area (Å²) in [6, 6.07) is 8.13. The number of hydrogen-bond acceptors (Lipinski definition) is 3. The number of nitrogens with zero attached hydrogens (tertiary/aromatic N) is 3. The molecule has 1 amide bonds. The van der Waals surface area contributed by atoms with Gasteiger partial charge in [0.05, 0.1) is 11.6 Å². The standard InChI is InChI=1S/C18H24N4O/c1-14-19-9-11-22(14)17-8-4-3-6-15(17)12-20-18(23)16-7-5-10-21(2)13-16/h3-4,6,8-9,11,16H,5,7,10,12-13H2,1-2H3,(H,20,23)/t16-/m0/s1. The van der Waals surface area contributed by atoms with Crippen LogP contribution < -0.4 is 5.32 Å². The number of piperidine rings is 1. The van der Waals surface area contributed by atoms with E-state index in [1.165, 1.54) is 0 Å². The lowest BCUT2D eigenvalue weighted by atomic mass is 9.97. The number of benzene rings is 1. The third-order valence-electron chi connectivity index (χ3n) is 4.53. The summed E-state index contributed by atoms with van der Waals surface area (Å²) in [5.41, 5.74) is 2.18. The zero-order chi connectivity index (χ0) is 16.2. The zero-order valence-corrected chi connectivity index (χ0v) is 13.8. The van der Waals surface area contributed by atoms with Crippen molar-refractivity contribution in [2.45, 2.75) is 26.3 Å². The molecule has 1 saturated heterocycles. The molecule has 1 aromatic carbocycles. The normalized spacial score (nSPS) is 18.8. The number of aromatic nitrogens is 2. The highest BCUT2D eigenvalue weighted by atomic mass is 16.1. The van der Waals surface area contributed by atoms with Crippen LogP contribution in [0.4, 0.5) is 0 Å². The molecule has 2 aromatic rings. The molecule has 1 N–H and O–H groups in total. The maximum Gasteiger partial charge on any atom is 0.224 e. The smallest absolute Gasteiger partial charge is 0.224 e. The zero-order valence-electron chi connectivity index (χ0n) is 13.8. The predicted molar refractivity (Wildman–Crippen MR) is 90.4 cm³/mol. The lowest BCUT2D eigenvalue weighted by Crippen LogP contribution is -2.41. The fourth-order valence-electron chi connectivity index (χ4n) is 3.23. The fourth-order valence-corrected chi connectivity index (χ4v) is 3.23. The summed E-state index contributed by atoms with van der Waals surface area (Å²) in [4.78, 5) is 18.9. The van der Waals surface area contributed by atoms with Crippen LogP contribution in [-0.2, 0) is 11.3 Å². The van der Waals surface area contributed by atoms with E-state index in [1.54, 1.807) is 6.20 Å².